The molecule has 1 atom stereocenters. The molecule has 0 spiro atoms. The number of methoxy groups -OCH3 is 1. The van der Waals surface area contributed by atoms with Crippen molar-refractivity contribution in [2.45, 2.75) is 31.2 Å². The first-order valence-corrected chi connectivity index (χ1v) is 10.4. The molecule has 0 bridgehead atoms. The van der Waals surface area contributed by atoms with Gasteiger partial charge in [0.2, 0.25) is 0 Å². The van der Waals surface area contributed by atoms with Gasteiger partial charge in [0.05, 0.1) is 33.8 Å². The molecule has 1 amide bonds. The number of hydrogen-bond donors (Lipinski definition) is 2. The van der Waals surface area contributed by atoms with E-state index < -0.39 is 16.0 Å². The van der Waals surface area contributed by atoms with Crippen LogP contribution in [0.15, 0.2) is 47.4 Å². The number of nitrogens with one attached hydrogen (secondary N) is 2. The van der Waals surface area contributed by atoms with E-state index in [1.54, 1.807) is 12.1 Å². The van der Waals surface area contributed by atoms with Crippen LogP contribution in [0.25, 0.3) is 0 Å². The molecule has 2 aromatic carbocycles. The third-order valence-corrected chi connectivity index (χ3v) is 5.75. The van der Waals surface area contributed by atoms with Crippen LogP contribution in [-0.2, 0) is 14.8 Å². The van der Waals surface area contributed by atoms with Gasteiger partial charge in [-0.3, -0.25) is 9.52 Å². The van der Waals surface area contributed by atoms with E-state index in [1.807, 2.05) is 13.8 Å². The molecular weight excluding hydrogens is 404 g/mol. The first kappa shape index (κ1) is 21.7. The molecule has 0 aromatic heterocycles. The number of ether oxygens (including phenoxy) is 1. The first-order valence-electron chi connectivity index (χ1n) is 8.50. The van der Waals surface area contributed by atoms with Gasteiger partial charge in [-0.15, -0.1) is 0 Å². The molecule has 0 aliphatic carbocycles. The number of amides is 1. The molecule has 1 unspecified atom stereocenters. The molecule has 0 aliphatic heterocycles. The highest BCUT2D eigenvalue weighted by Crippen LogP contribution is 2.24. The Morgan fingerprint density at radius 2 is 1.82 bits per heavy atom. The van der Waals surface area contributed by atoms with E-state index in [0.717, 1.165) is 12.5 Å². The molecule has 0 heterocycles. The Hall–Kier alpha value is -2.58. The van der Waals surface area contributed by atoms with Crippen LogP contribution < -0.4 is 10.0 Å². The van der Waals surface area contributed by atoms with E-state index >= 15 is 0 Å². The molecule has 7 nitrogen and oxygen atoms in total. The zero-order valence-electron chi connectivity index (χ0n) is 15.7. The monoisotopic (exact) mass is 424 g/mol. The first-order chi connectivity index (χ1) is 13.2. The maximum atomic E-state index is 12.8. The number of anilines is 1. The summed E-state index contributed by atoms with van der Waals surface area (Å²) >= 11 is 5.94. The quantitative estimate of drug-likeness (QED) is 0.663. The predicted octanol–water partition coefficient (Wildman–Crippen LogP) is 3.46. The van der Waals surface area contributed by atoms with Gasteiger partial charge in [0.15, 0.2) is 0 Å². The highest BCUT2D eigenvalue weighted by atomic mass is 35.5. The zero-order valence-corrected chi connectivity index (χ0v) is 17.2. The van der Waals surface area contributed by atoms with Crippen molar-refractivity contribution in [1.29, 1.82) is 0 Å². The Morgan fingerprint density at radius 1 is 1.14 bits per heavy atom. The van der Waals surface area contributed by atoms with Crippen LogP contribution in [0.4, 0.5) is 5.69 Å². The number of carbonyl (C=O) groups excluding carboxylic acids is 2. The second kappa shape index (κ2) is 9.07. The smallest absolute Gasteiger partial charge is 0.339 e. The lowest BCUT2D eigenvalue weighted by molar-refractivity contribution is 0.0600. The van der Waals surface area contributed by atoms with Crippen molar-refractivity contribution in [1.82, 2.24) is 5.32 Å². The fourth-order valence-electron chi connectivity index (χ4n) is 2.32. The standard InChI is InChI=1S/C19H21ClN2O5S/c1-4-12(2)21-18(23)14-7-5-6-8-17(14)22-28(25,26)13-9-10-16(20)15(11-13)19(24)27-3/h5-12,22H,4H2,1-3H3,(H,21,23). The van der Waals surface area contributed by atoms with E-state index in [-0.39, 0.29) is 38.7 Å². The highest BCUT2D eigenvalue weighted by molar-refractivity contribution is 7.92. The number of benzene rings is 2. The second-order valence-electron chi connectivity index (χ2n) is 6.07. The van der Waals surface area contributed by atoms with Gasteiger partial charge < -0.3 is 10.1 Å². The Kier molecular flexibility index (Phi) is 7.04. The Balaban J connectivity index is 2.38. The van der Waals surface area contributed by atoms with Crippen molar-refractivity contribution < 1.29 is 22.7 Å². The Bertz CT molecular complexity index is 992. The average Bonchev–Trinajstić information content (AvgIpc) is 2.67. The van der Waals surface area contributed by atoms with Crippen LogP contribution in [-0.4, -0.2) is 33.4 Å². The fourth-order valence-corrected chi connectivity index (χ4v) is 3.62. The lowest BCUT2D eigenvalue weighted by Gasteiger charge is -2.15. The summed E-state index contributed by atoms with van der Waals surface area (Å²) in [5.74, 6) is -1.14. The molecular formula is C19H21ClN2O5S. The number of hydrogen-bond acceptors (Lipinski definition) is 5. The summed E-state index contributed by atoms with van der Waals surface area (Å²) in [6.45, 7) is 3.78. The van der Waals surface area contributed by atoms with E-state index in [2.05, 4.69) is 14.8 Å². The molecule has 9 heteroatoms. The zero-order chi connectivity index (χ0) is 20.9. The van der Waals surface area contributed by atoms with Crippen molar-refractivity contribution in [3.63, 3.8) is 0 Å². The molecule has 0 saturated carbocycles. The summed E-state index contributed by atoms with van der Waals surface area (Å²) < 4.78 is 32.6. The van der Waals surface area contributed by atoms with E-state index in [0.29, 0.717) is 0 Å². The Morgan fingerprint density at radius 3 is 2.46 bits per heavy atom. The van der Waals surface area contributed by atoms with Crippen LogP contribution in [0.5, 0.6) is 0 Å². The SMILES string of the molecule is CCC(C)NC(=O)c1ccccc1NS(=O)(=O)c1ccc(Cl)c(C(=O)OC)c1. The van der Waals surface area contributed by atoms with Gasteiger partial charge in [-0.2, -0.15) is 0 Å². The average molecular weight is 425 g/mol. The van der Waals surface area contributed by atoms with Gasteiger partial charge in [0.25, 0.3) is 15.9 Å². The van der Waals surface area contributed by atoms with Crippen LogP contribution in [0.1, 0.15) is 41.0 Å². The normalized spacial score (nSPS) is 12.1. The summed E-state index contributed by atoms with van der Waals surface area (Å²) in [6.07, 6.45) is 0.737. The fraction of sp³-hybridized carbons (Fsp3) is 0.263. The van der Waals surface area contributed by atoms with Crippen molar-refractivity contribution in [2.24, 2.45) is 0 Å². The van der Waals surface area contributed by atoms with Gasteiger partial charge in [-0.05, 0) is 43.7 Å². The predicted molar refractivity (Wildman–Crippen MR) is 107 cm³/mol. The van der Waals surface area contributed by atoms with E-state index in [4.69, 9.17) is 11.6 Å². The molecule has 2 rings (SSSR count). The van der Waals surface area contributed by atoms with Crippen LogP contribution in [0.2, 0.25) is 5.02 Å². The molecule has 0 saturated heterocycles. The highest BCUT2D eigenvalue weighted by Gasteiger charge is 2.22. The van der Waals surface area contributed by atoms with Crippen molar-refractivity contribution in [3.8, 4) is 0 Å². The summed E-state index contributed by atoms with van der Waals surface area (Å²) in [7, 11) is -2.91. The Labute approximate surface area is 169 Å². The van der Waals surface area contributed by atoms with Crippen LogP contribution in [0.3, 0.4) is 0 Å². The van der Waals surface area contributed by atoms with Gasteiger partial charge in [-0.25, -0.2) is 13.2 Å². The van der Waals surface area contributed by atoms with E-state index in [1.165, 1.54) is 31.4 Å². The maximum absolute atomic E-state index is 12.8. The van der Waals surface area contributed by atoms with Gasteiger partial charge >= 0.3 is 5.97 Å². The molecule has 2 aromatic rings. The molecule has 0 fully saturated rings. The molecule has 150 valence electrons. The minimum atomic E-state index is -4.08. The molecule has 0 aliphatic rings. The maximum Gasteiger partial charge on any atom is 0.339 e. The van der Waals surface area contributed by atoms with Crippen LogP contribution >= 0.6 is 11.6 Å². The van der Waals surface area contributed by atoms with Gasteiger partial charge in [-0.1, -0.05) is 30.7 Å². The molecule has 28 heavy (non-hydrogen) atoms. The number of sulfonamides is 1. The number of rotatable bonds is 7. The number of halogens is 1. The van der Waals surface area contributed by atoms with Crippen LogP contribution in [0, 0.1) is 0 Å². The number of esters is 1. The topological polar surface area (TPSA) is 102 Å². The summed E-state index contributed by atoms with van der Waals surface area (Å²) in [4.78, 5) is 24.0. The second-order valence-corrected chi connectivity index (χ2v) is 8.16. The lowest BCUT2D eigenvalue weighted by atomic mass is 10.1. The van der Waals surface area contributed by atoms with Crippen molar-refractivity contribution in [2.75, 3.05) is 11.8 Å². The molecule has 2 N–H and O–H groups in total. The molecule has 0 radical (unpaired) electrons. The van der Waals surface area contributed by atoms with Gasteiger partial charge in [0.1, 0.15) is 0 Å². The van der Waals surface area contributed by atoms with Crippen molar-refractivity contribution in [3.05, 3.63) is 58.6 Å². The van der Waals surface area contributed by atoms with Gasteiger partial charge in [0, 0.05) is 6.04 Å². The minimum Gasteiger partial charge on any atom is -0.465 e. The third-order valence-electron chi connectivity index (χ3n) is 4.06. The number of para-hydroxylation sites is 1. The van der Waals surface area contributed by atoms with E-state index in [9.17, 15) is 18.0 Å². The summed E-state index contributed by atoms with van der Waals surface area (Å²) in [6, 6.07) is 9.88. The minimum absolute atomic E-state index is 0.0592. The summed E-state index contributed by atoms with van der Waals surface area (Å²) in [5, 5.41) is 2.87. The lowest BCUT2D eigenvalue weighted by Crippen LogP contribution is -2.32. The summed E-state index contributed by atoms with van der Waals surface area (Å²) in [5.41, 5.74) is 0.237. The third kappa shape index (κ3) is 5.02. The number of carbonyl (C=O) groups is 2. The largest absolute Gasteiger partial charge is 0.465 e. The van der Waals surface area contributed by atoms with Crippen molar-refractivity contribution >= 4 is 39.2 Å².